The first kappa shape index (κ1) is 14.9. The van der Waals surface area contributed by atoms with Crippen LogP contribution in [0.1, 0.15) is 42.3 Å². The fraction of sp³-hybridized carbons (Fsp3) is 0.412. The Morgan fingerprint density at radius 1 is 1.35 bits per heavy atom. The van der Waals surface area contributed by atoms with Gasteiger partial charge in [-0.25, -0.2) is 4.98 Å². The standard InChI is InChI=1S/C17H19N3OS2/c21-15(10-13-11-20-7-9-23-17(20)18-13)19-16(12-4-1-2-5-12)14-6-3-8-22-14/h3,6-9,11-12,16H,1-2,4-5,10H2,(H,19,21). The van der Waals surface area contributed by atoms with E-state index in [0.29, 0.717) is 12.3 Å². The molecule has 1 fully saturated rings. The summed E-state index contributed by atoms with van der Waals surface area (Å²) in [6.07, 6.45) is 9.25. The molecule has 3 aromatic rings. The van der Waals surface area contributed by atoms with Crippen molar-refractivity contribution in [3.8, 4) is 0 Å². The van der Waals surface area contributed by atoms with Crippen molar-refractivity contribution in [2.45, 2.75) is 38.1 Å². The Morgan fingerprint density at radius 3 is 2.96 bits per heavy atom. The number of fused-ring (bicyclic) bond motifs is 1. The van der Waals surface area contributed by atoms with E-state index in [1.165, 1.54) is 30.6 Å². The Labute approximate surface area is 143 Å². The Kier molecular flexibility index (Phi) is 4.18. The lowest BCUT2D eigenvalue weighted by atomic mass is 9.96. The van der Waals surface area contributed by atoms with Crippen molar-refractivity contribution in [1.82, 2.24) is 14.7 Å². The first-order valence-corrected chi connectivity index (χ1v) is 9.79. The van der Waals surface area contributed by atoms with Crippen molar-refractivity contribution in [2.24, 2.45) is 5.92 Å². The van der Waals surface area contributed by atoms with Crippen molar-refractivity contribution in [3.05, 3.63) is 45.9 Å². The number of nitrogens with one attached hydrogen (secondary N) is 1. The lowest BCUT2D eigenvalue weighted by Crippen LogP contribution is -2.33. The molecule has 1 amide bonds. The quantitative estimate of drug-likeness (QED) is 0.758. The van der Waals surface area contributed by atoms with Gasteiger partial charge in [0.2, 0.25) is 5.91 Å². The summed E-state index contributed by atoms with van der Waals surface area (Å²) >= 11 is 3.33. The Hall–Kier alpha value is -1.66. The smallest absolute Gasteiger partial charge is 0.226 e. The monoisotopic (exact) mass is 345 g/mol. The van der Waals surface area contributed by atoms with E-state index in [2.05, 4.69) is 27.8 Å². The van der Waals surface area contributed by atoms with Crippen LogP contribution < -0.4 is 5.32 Å². The molecule has 6 heteroatoms. The number of rotatable bonds is 5. The van der Waals surface area contributed by atoms with Crippen molar-refractivity contribution >= 4 is 33.5 Å². The van der Waals surface area contributed by atoms with Gasteiger partial charge in [0.25, 0.3) is 0 Å². The van der Waals surface area contributed by atoms with Crippen LogP contribution in [0.25, 0.3) is 4.96 Å². The highest BCUT2D eigenvalue weighted by molar-refractivity contribution is 7.15. The Balaban J connectivity index is 1.47. The highest BCUT2D eigenvalue weighted by atomic mass is 32.1. The van der Waals surface area contributed by atoms with Crippen LogP contribution >= 0.6 is 22.7 Å². The summed E-state index contributed by atoms with van der Waals surface area (Å²) < 4.78 is 1.97. The molecular formula is C17H19N3OS2. The third kappa shape index (κ3) is 3.19. The van der Waals surface area contributed by atoms with Gasteiger partial charge in [-0.1, -0.05) is 18.9 Å². The van der Waals surface area contributed by atoms with Crippen molar-refractivity contribution in [2.75, 3.05) is 0 Å². The van der Waals surface area contributed by atoms with Crippen LogP contribution in [-0.2, 0) is 11.2 Å². The Bertz CT molecular complexity index is 755. The third-order valence-electron chi connectivity index (χ3n) is 4.52. The van der Waals surface area contributed by atoms with Crippen LogP contribution in [0, 0.1) is 5.92 Å². The maximum atomic E-state index is 12.5. The highest BCUT2D eigenvalue weighted by Crippen LogP contribution is 2.37. The number of hydrogen-bond acceptors (Lipinski definition) is 4. The number of nitrogens with zero attached hydrogens (tertiary/aromatic N) is 2. The normalized spacial score (nSPS) is 16.9. The van der Waals surface area contributed by atoms with E-state index in [0.717, 1.165) is 10.7 Å². The molecule has 120 valence electrons. The van der Waals surface area contributed by atoms with E-state index in [9.17, 15) is 4.79 Å². The molecular weight excluding hydrogens is 326 g/mol. The fourth-order valence-corrected chi connectivity index (χ4v) is 5.02. The molecule has 1 atom stereocenters. The van der Waals surface area contributed by atoms with Gasteiger partial charge >= 0.3 is 0 Å². The molecule has 1 aliphatic rings. The van der Waals surface area contributed by atoms with Crippen LogP contribution in [0.4, 0.5) is 0 Å². The molecule has 1 saturated carbocycles. The average molecular weight is 345 g/mol. The van der Waals surface area contributed by atoms with Gasteiger partial charge in [0.05, 0.1) is 18.2 Å². The van der Waals surface area contributed by atoms with Gasteiger partial charge < -0.3 is 5.32 Å². The zero-order valence-corrected chi connectivity index (χ0v) is 14.4. The van der Waals surface area contributed by atoms with Crippen LogP contribution in [0.15, 0.2) is 35.3 Å². The molecule has 3 heterocycles. The molecule has 4 rings (SSSR count). The largest absolute Gasteiger partial charge is 0.348 e. The second-order valence-corrected chi connectivity index (χ2v) is 7.96. The number of aromatic nitrogens is 2. The van der Waals surface area contributed by atoms with E-state index < -0.39 is 0 Å². The lowest BCUT2D eigenvalue weighted by molar-refractivity contribution is -0.121. The summed E-state index contributed by atoms with van der Waals surface area (Å²) in [5, 5.41) is 7.36. The predicted octanol–water partition coefficient (Wildman–Crippen LogP) is 4.05. The Morgan fingerprint density at radius 2 is 2.22 bits per heavy atom. The second kappa shape index (κ2) is 6.45. The summed E-state index contributed by atoms with van der Waals surface area (Å²) in [5.41, 5.74) is 0.839. The summed E-state index contributed by atoms with van der Waals surface area (Å²) in [7, 11) is 0. The molecule has 1 aliphatic carbocycles. The molecule has 0 saturated heterocycles. The molecule has 1 N–H and O–H groups in total. The average Bonchev–Trinajstić information content (AvgIpc) is 3.28. The number of thiazole rings is 1. The molecule has 0 aromatic carbocycles. The van der Waals surface area contributed by atoms with Crippen molar-refractivity contribution < 1.29 is 4.79 Å². The number of carbonyl (C=O) groups excluding carboxylic acids is 1. The predicted molar refractivity (Wildman–Crippen MR) is 93.9 cm³/mol. The van der Waals surface area contributed by atoms with Crippen molar-refractivity contribution in [1.29, 1.82) is 0 Å². The zero-order chi connectivity index (χ0) is 15.6. The van der Waals surface area contributed by atoms with Crippen molar-refractivity contribution in [3.63, 3.8) is 0 Å². The van der Waals surface area contributed by atoms with E-state index in [-0.39, 0.29) is 11.9 Å². The van der Waals surface area contributed by atoms with Crippen LogP contribution in [-0.4, -0.2) is 15.3 Å². The maximum absolute atomic E-state index is 12.5. The van der Waals surface area contributed by atoms with Gasteiger partial charge in [-0.05, 0) is 30.2 Å². The maximum Gasteiger partial charge on any atom is 0.226 e. The topological polar surface area (TPSA) is 46.4 Å². The van der Waals surface area contributed by atoms with E-state index in [1.54, 1.807) is 22.7 Å². The number of thiophene rings is 1. The molecule has 1 unspecified atom stereocenters. The van der Waals surface area contributed by atoms with E-state index >= 15 is 0 Å². The summed E-state index contributed by atoms with van der Waals surface area (Å²) in [6, 6.07) is 4.37. The molecule has 0 aliphatic heterocycles. The van der Waals surface area contributed by atoms with Gasteiger partial charge in [-0.2, -0.15) is 0 Å². The van der Waals surface area contributed by atoms with Gasteiger partial charge in [0, 0.05) is 22.7 Å². The summed E-state index contributed by atoms with van der Waals surface area (Å²) in [6.45, 7) is 0. The molecule has 4 nitrogen and oxygen atoms in total. The summed E-state index contributed by atoms with van der Waals surface area (Å²) in [5.74, 6) is 0.643. The SMILES string of the molecule is O=C(Cc1cn2ccsc2n1)NC(c1cccs1)C1CCCC1. The van der Waals surface area contributed by atoms with E-state index in [4.69, 9.17) is 0 Å². The van der Waals surface area contributed by atoms with Gasteiger partial charge in [-0.3, -0.25) is 9.20 Å². The minimum absolute atomic E-state index is 0.0704. The second-order valence-electron chi connectivity index (χ2n) is 6.11. The minimum atomic E-state index is 0.0704. The molecule has 0 radical (unpaired) electrons. The molecule has 0 spiro atoms. The number of hydrogen-bond donors (Lipinski definition) is 1. The highest BCUT2D eigenvalue weighted by Gasteiger charge is 2.28. The summed E-state index contributed by atoms with van der Waals surface area (Å²) in [4.78, 5) is 19.2. The van der Waals surface area contributed by atoms with Gasteiger partial charge in [0.15, 0.2) is 4.96 Å². The van der Waals surface area contributed by atoms with Gasteiger partial charge in [0.1, 0.15) is 0 Å². The number of carbonyl (C=O) groups is 1. The number of imidazole rings is 1. The first-order chi connectivity index (χ1) is 11.3. The van der Waals surface area contributed by atoms with Crippen LogP contribution in [0.3, 0.4) is 0 Å². The first-order valence-electron chi connectivity index (χ1n) is 8.03. The lowest BCUT2D eigenvalue weighted by Gasteiger charge is -2.23. The van der Waals surface area contributed by atoms with Crippen LogP contribution in [0.5, 0.6) is 0 Å². The minimum Gasteiger partial charge on any atom is -0.348 e. The molecule has 0 bridgehead atoms. The van der Waals surface area contributed by atoms with E-state index in [1.807, 2.05) is 22.2 Å². The fourth-order valence-electron chi connectivity index (χ4n) is 3.43. The molecule has 23 heavy (non-hydrogen) atoms. The zero-order valence-electron chi connectivity index (χ0n) is 12.8. The molecule has 3 aromatic heterocycles. The number of amides is 1. The van der Waals surface area contributed by atoms with Crippen LogP contribution in [0.2, 0.25) is 0 Å². The van der Waals surface area contributed by atoms with Gasteiger partial charge in [-0.15, -0.1) is 22.7 Å². The third-order valence-corrected chi connectivity index (χ3v) is 6.25.